The van der Waals surface area contributed by atoms with Gasteiger partial charge in [-0.15, -0.1) is 0 Å². The van der Waals surface area contributed by atoms with Crippen LogP contribution in [0.15, 0.2) is 11.6 Å². The Morgan fingerprint density at radius 1 is 1.00 bits per heavy atom. The Bertz CT molecular complexity index is 359. The normalized spacial score (nSPS) is 45.0. The van der Waals surface area contributed by atoms with Crippen molar-refractivity contribution in [2.75, 3.05) is 0 Å². The van der Waals surface area contributed by atoms with Crippen molar-refractivity contribution >= 4 is 0 Å². The van der Waals surface area contributed by atoms with Crippen LogP contribution in [0, 0.1) is 23.2 Å². The van der Waals surface area contributed by atoms with Gasteiger partial charge in [-0.05, 0) is 99.4 Å². The fraction of sp³-hybridized carbons (Fsp3) is 0.895. The molecule has 1 nitrogen and oxygen atoms in total. The van der Waals surface area contributed by atoms with Gasteiger partial charge < -0.3 is 5.11 Å². The summed E-state index contributed by atoms with van der Waals surface area (Å²) in [5.41, 5.74) is 1.92. The van der Waals surface area contributed by atoms with Gasteiger partial charge in [0, 0.05) is 0 Å². The van der Waals surface area contributed by atoms with Gasteiger partial charge in [0.1, 0.15) is 0 Å². The third-order valence-electron chi connectivity index (χ3n) is 6.80. The summed E-state index contributed by atoms with van der Waals surface area (Å²) in [6.07, 6.45) is 18.5. The smallest absolute Gasteiger partial charge is 0.0755 e. The third-order valence-corrected chi connectivity index (χ3v) is 6.80. The Hall–Kier alpha value is -0.300. The summed E-state index contributed by atoms with van der Waals surface area (Å²) in [5.74, 6) is 3.03. The molecule has 0 aliphatic heterocycles. The average molecular weight is 274 g/mol. The molecule has 0 radical (unpaired) electrons. The molecular formula is C19H30O. The lowest BCUT2D eigenvalue weighted by molar-refractivity contribution is -0.0719. The fourth-order valence-electron chi connectivity index (χ4n) is 6.42. The number of aliphatic hydroxyl groups excluding tert-OH is 1. The predicted molar refractivity (Wildman–Crippen MR) is 82.4 cm³/mol. The van der Waals surface area contributed by atoms with Crippen molar-refractivity contribution < 1.29 is 5.11 Å². The van der Waals surface area contributed by atoms with E-state index in [2.05, 4.69) is 6.08 Å². The van der Waals surface area contributed by atoms with Crippen LogP contribution < -0.4 is 0 Å². The minimum absolute atomic E-state index is 0.121. The summed E-state index contributed by atoms with van der Waals surface area (Å²) in [7, 11) is 0. The maximum atomic E-state index is 10.8. The van der Waals surface area contributed by atoms with Crippen LogP contribution in [0.2, 0.25) is 0 Å². The molecule has 0 spiro atoms. The molecule has 5 aliphatic carbocycles. The lowest BCUT2D eigenvalue weighted by Gasteiger charge is -2.57. The number of allylic oxidation sites excluding steroid dienone is 1. The molecule has 0 heterocycles. The summed E-state index contributed by atoms with van der Waals surface area (Å²) < 4.78 is 0. The largest absolute Gasteiger partial charge is 0.389 e. The van der Waals surface area contributed by atoms with Crippen molar-refractivity contribution in [1.29, 1.82) is 0 Å². The first-order valence-electron chi connectivity index (χ1n) is 9.09. The molecule has 112 valence electrons. The number of hydrogen-bond donors (Lipinski definition) is 1. The molecule has 0 aromatic heterocycles. The van der Waals surface area contributed by atoms with E-state index in [1.165, 1.54) is 69.8 Å². The summed E-state index contributed by atoms with van der Waals surface area (Å²) in [6, 6.07) is 0. The highest BCUT2D eigenvalue weighted by molar-refractivity contribution is 5.12. The molecule has 0 aromatic rings. The van der Waals surface area contributed by atoms with E-state index < -0.39 is 0 Å². The second kappa shape index (κ2) is 5.16. The Morgan fingerprint density at radius 3 is 2.30 bits per heavy atom. The summed E-state index contributed by atoms with van der Waals surface area (Å²) in [4.78, 5) is 0. The van der Waals surface area contributed by atoms with E-state index in [4.69, 9.17) is 0 Å². The number of rotatable bonds is 3. The molecule has 0 aromatic carbocycles. The first-order valence-corrected chi connectivity index (χ1v) is 9.09. The third kappa shape index (κ3) is 2.47. The molecule has 1 unspecified atom stereocenters. The lowest BCUT2D eigenvalue weighted by atomic mass is 9.48. The topological polar surface area (TPSA) is 20.2 Å². The molecule has 1 N–H and O–H groups in total. The first-order chi connectivity index (χ1) is 9.72. The van der Waals surface area contributed by atoms with E-state index in [0.717, 1.165) is 30.6 Å². The Balaban J connectivity index is 1.46. The summed E-state index contributed by atoms with van der Waals surface area (Å²) >= 11 is 0. The van der Waals surface area contributed by atoms with Crippen LogP contribution in [0.5, 0.6) is 0 Å². The predicted octanol–water partition coefficient (Wildman–Crippen LogP) is 4.84. The monoisotopic (exact) mass is 274 g/mol. The molecule has 0 saturated heterocycles. The Morgan fingerprint density at radius 2 is 1.65 bits per heavy atom. The molecule has 4 bridgehead atoms. The second-order valence-corrected chi connectivity index (χ2v) is 8.52. The van der Waals surface area contributed by atoms with Crippen molar-refractivity contribution in [3.05, 3.63) is 11.6 Å². The molecule has 5 aliphatic rings. The van der Waals surface area contributed by atoms with E-state index in [-0.39, 0.29) is 6.10 Å². The van der Waals surface area contributed by atoms with Crippen LogP contribution in [0.1, 0.15) is 77.0 Å². The van der Waals surface area contributed by atoms with Crippen molar-refractivity contribution in [2.24, 2.45) is 23.2 Å². The van der Waals surface area contributed by atoms with Crippen LogP contribution in [0.4, 0.5) is 0 Å². The second-order valence-electron chi connectivity index (χ2n) is 8.52. The molecule has 4 saturated carbocycles. The zero-order chi connectivity index (χ0) is 13.6. The average Bonchev–Trinajstić information content (AvgIpc) is 2.65. The van der Waals surface area contributed by atoms with Gasteiger partial charge in [0.05, 0.1) is 6.10 Å². The molecule has 0 amide bonds. The van der Waals surface area contributed by atoms with Gasteiger partial charge in [0.2, 0.25) is 0 Å². The van der Waals surface area contributed by atoms with Crippen LogP contribution in [-0.2, 0) is 0 Å². The maximum Gasteiger partial charge on any atom is 0.0755 e. The highest BCUT2D eigenvalue weighted by Gasteiger charge is 2.51. The zero-order valence-corrected chi connectivity index (χ0v) is 12.8. The SMILES string of the molecule is OC(CC12CC3CC(CC(C3)C1)C2)C1=CCCCCC1. The minimum atomic E-state index is -0.121. The van der Waals surface area contributed by atoms with Crippen LogP contribution >= 0.6 is 0 Å². The van der Waals surface area contributed by atoms with Crippen molar-refractivity contribution in [1.82, 2.24) is 0 Å². The first kappa shape index (κ1) is 13.4. The Kier molecular flexibility index (Phi) is 3.45. The van der Waals surface area contributed by atoms with Gasteiger partial charge in [-0.2, -0.15) is 0 Å². The van der Waals surface area contributed by atoms with Gasteiger partial charge in [0.25, 0.3) is 0 Å². The number of hydrogen-bond acceptors (Lipinski definition) is 1. The van der Waals surface area contributed by atoms with Gasteiger partial charge >= 0.3 is 0 Å². The Labute approximate surface area is 123 Å². The summed E-state index contributed by atoms with van der Waals surface area (Å²) in [6.45, 7) is 0. The lowest BCUT2D eigenvalue weighted by Crippen LogP contribution is -2.47. The van der Waals surface area contributed by atoms with E-state index in [1.54, 1.807) is 0 Å². The van der Waals surface area contributed by atoms with Crippen molar-refractivity contribution in [3.8, 4) is 0 Å². The molecule has 20 heavy (non-hydrogen) atoms. The van der Waals surface area contributed by atoms with E-state index >= 15 is 0 Å². The standard InChI is InChI=1S/C19H30O/c20-18(17-5-3-1-2-4-6-17)13-19-10-14-7-15(11-19)9-16(8-14)12-19/h5,14-16,18,20H,1-4,6-13H2. The highest BCUT2D eigenvalue weighted by atomic mass is 16.3. The van der Waals surface area contributed by atoms with Crippen molar-refractivity contribution in [3.63, 3.8) is 0 Å². The molecule has 1 atom stereocenters. The van der Waals surface area contributed by atoms with Crippen molar-refractivity contribution in [2.45, 2.75) is 83.2 Å². The van der Waals surface area contributed by atoms with Crippen LogP contribution in [-0.4, -0.2) is 11.2 Å². The molecule has 5 rings (SSSR count). The molecule has 1 heteroatoms. The maximum absolute atomic E-state index is 10.8. The van der Waals surface area contributed by atoms with Gasteiger partial charge in [0.15, 0.2) is 0 Å². The molecular weight excluding hydrogens is 244 g/mol. The van der Waals surface area contributed by atoms with E-state index in [1.807, 2.05) is 0 Å². The zero-order valence-electron chi connectivity index (χ0n) is 12.8. The summed E-state index contributed by atoms with van der Waals surface area (Å²) in [5, 5.41) is 10.8. The van der Waals surface area contributed by atoms with Gasteiger partial charge in [-0.1, -0.05) is 12.5 Å². The van der Waals surface area contributed by atoms with E-state index in [0.29, 0.717) is 5.41 Å². The van der Waals surface area contributed by atoms with E-state index in [9.17, 15) is 5.11 Å². The van der Waals surface area contributed by atoms with Crippen LogP contribution in [0.25, 0.3) is 0 Å². The fourth-order valence-corrected chi connectivity index (χ4v) is 6.42. The van der Waals surface area contributed by atoms with Gasteiger partial charge in [-0.3, -0.25) is 0 Å². The van der Waals surface area contributed by atoms with Gasteiger partial charge in [-0.25, -0.2) is 0 Å². The highest BCUT2D eigenvalue weighted by Crippen LogP contribution is 2.61. The molecule has 4 fully saturated rings. The minimum Gasteiger partial charge on any atom is -0.389 e. The van der Waals surface area contributed by atoms with Crippen LogP contribution in [0.3, 0.4) is 0 Å². The quantitative estimate of drug-likeness (QED) is 0.730. The number of aliphatic hydroxyl groups is 1.